The zero-order valence-electron chi connectivity index (χ0n) is 13.0. The maximum absolute atomic E-state index is 11.6. The number of pyridine rings is 2. The molecule has 3 aromatic heterocycles. The first-order valence-corrected chi connectivity index (χ1v) is 7.56. The first kappa shape index (κ1) is 14.3. The van der Waals surface area contributed by atoms with E-state index in [2.05, 4.69) is 15.1 Å². The number of allylic oxidation sites excluding steroid dienone is 4. The third-order valence-corrected chi connectivity index (χ3v) is 3.95. The van der Waals surface area contributed by atoms with E-state index in [0.717, 1.165) is 16.5 Å². The van der Waals surface area contributed by atoms with Crippen molar-refractivity contribution in [1.29, 1.82) is 0 Å². The van der Waals surface area contributed by atoms with E-state index in [1.807, 2.05) is 31.5 Å². The van der Waals surface area contributed by atoms with Crippen LogP contribution < -0.4 is 5.56 Å². The van der Waals surface area contributed by atoms with E-state index in [4.69, 9.17) is 0 Å². The summed E-state index contributed by atoms with van der Waals surface area (Å²) < 4.78 is 1.70. The summed E-state index contributed by atoms with van der Waals surface area (Å²) in [6.45, 7) is 0. The molecule has 0 bridgehead atoms. The standard InChI is InChI=1S/C18H14N4O2/c1-22-9-8-15(21-22)17-14(11-2-5-13(23)6-3-11)10-12-4-7-16(24)19-18(12)20-17/h2-5,7-10H,6H2,1H3,(H,19,20,24). The molecule has 0 saturated heterocycles. The number of rotatable bonds is 2. The Morgan fingerprint density at radius 1 is 1.17 bits per heavy atom. The predicted molar refractivity (Wildman–Crippen MR) is 91.3 cm³/mol. The van der Waals surface area contributed by atoms with Gasteiger partial charge in [-0.1, -0.05) is 12.2 Å². The van der Waals surface area contributed by atoms with E-state index in [1.165, 1.54) is 6.07 Å². The minimum absolute atomic E-state index is 0.0798. The Labute approximate surface area is 137 Å². The van der Waals surface area contributed by atoms with Gasteiger partial charge in [0.2, 0.25) is 5.56 Å². The first-order valence-electron chi connectivity index (χ1n) is 7.56. The number of aromatic nitrogens is 4. The van der Waals surface area contributed by atoms with Crippen LogP contribution in [0.4, 0.5) is 0 Å². The van der Waals surface area contributed by atoms with Crippen LogP contribution in [0.15, 0.2) is 53.5 Å². The lowest BCUT2D eigenvalue weighted by Crippen LogP contribution is -2.06. The van der Waals surface area contributed by atoms with Crippen LogP contribution in [-0.4, -0.2) is 25.5 Å². The second kappa shape index (κ2) is 5.42. The summed E-state index contributed by atoms with van der Waals surface area (Å²) in [7, 11) is 1.84. The lowest BCUT2D eigenvalue weighted by Gasteiger charge is -2.12. The zero-order valence-corrected chi connectivity index (χ0v) is 13.0. The summed E-state index contributed by atoms with van der Waals surface area (Å²) in [6.07, 6.45) is 7.48. The number of ketones is 1. The molecule has 0 radical (unpaired) electrons. The molecule has 6 nitrogen and oxygen atoms in total. The Hall–Kier alpha value is -3.28. The predicted octanol–water partition coefficient (Wildman–Crippen LogP) is 2.24. The largest absolute Gasteiger partial charge is 0.307 e. The number of carbonyl (C=O) groups excluding carboxylic acids is 1. The molecule has 0 aliphatic heterocycles. The quantitative estimate of drug-likeness (QED) is 0.786. The lowest BCUT2D eigenvalue weighted by molar-refractivity contribution is -0.113. The molecule has 0 unspecified atom stereocenters. The number of aryl methyl sites for hydroxylation is 1. The molecular formula is C18H14N4O2. The van der Waals surface area contributed by atoms with Crippen molar-refractivity contribution >= 4 is 22.4 Å². The molecule has 4 rings (SSSR count). The van der Waals surface area contributed by atoms with Crippen molar-refractivity contribution < 1.29 is 4.79 Å². The molecule has 1 aliphatic rings. The Balaban J connectivity index is 1.99. The van der Waals surface area contributed by atoms with Gasteiger partial charge < -0.3 is 4.98 Å². The van der Waals surface area contributed by atoms with E-state index in [9.17, 15) is 9.59 Å². The van der Waals surface area contributed by atoms with Crippen LogP contribution in [0.1, 0.15) is 12.0 Å². The summed E-state index contributed by atoms with van der Waals surface area (Å²) in [5.41, 5.74) is 3.52. The highest BCUT2D eigenvalue weighted by Crippen LogP contribution is 2.31. The van der Waals surface area contributed by atoms with Crippen molar-refractivity contribution in [2.24, 2.45) is 7.05 Å². The molecule has 24 heavy (non-hydrogen) atoms. The summed E-state index contributed by atoms with van der Waals surface area (Å²) in [6, 6.07) is 7.05. The Kier molecular flexibility index (Phi) is 3.23. The van der Waals surface area contributed by atoms with Crippen molar-refractivity contribution in [3.8, 4) is 11.4 Å². The maximum atomic E-state index is 11.6. The first-order chi connectivity index (χ1) is 11.6. The van der Waals surface area contributed by atoms with Crippen molar-refractivity contribution in [3.63, 3.8) is 0 Å². The van der Waals surface area contributed by atoms with Crippen LogP contribution in [0.3, 0.4) is 0 Å². The molecule has 6 heteroatoms. The van der Waals surface area contributed by atoms with Gasteiger partial charge >= 0.3 is 0 Å². The highest BCUT2D eigenvalue weighted by molar-refractivity contribution is 6.00. The van der Waals surface area contributed by atoms with Crippen molar-refractivity contribution in [2.45, 2.75) is 6.42 Å². The third kappa shape index (κ3) is 2.48. The summed E-state index contributed by atoms with van der Waals surface area (Å²) in [4.78, 5) is 30.4. The molecule has 1 aliphatic carbocycles. The van der Waals surface area contributed by atoms with E-state index in [0.29, 0.717) is 23.5 Å². The zero-order chi connectivity index (χ0) is 16.7. The van der Waals surface area contributed by atoms with Gasteiger partial charge in [-0.3, -0.25) is 14.3 Å². The van der Waals surface area contributed by atoms with E-state index in [-0.39, 0.29) is 11.3 Å². The molecule has 0 aromatic carbocycles. The van der Waals surface area contributed by atoms with Gasteiger partial charge in [-0.2, -0.15) is 5.10 Å². The number of hydrogen-bond acceptors (Lipinski definition) is 4. The number of carbonyl (C=O) groups is 1. The maximum Gasteiger partial charge on any atom is 0.249 e. The highest BCUT2D eigenvalue weighted by Gasteiger charge is 2.16. The molecule has 3 aromatic rings. The van der Waals surface area contributed by atoms with Gasteiger partial charge in [0.25, 0.3) is 0 Å². The topological polar surface area (TPSA) is 80.6 Å². The van der Waals surface area contributed by atoms with Crippen molar-refractivity contribution in [1.82, 2.24) is 19.7 Å². The lowest BCUT2D eigenvalue weighted by atomic mass is 9.96. The molecule has 0 amide bonds. The average molecular weight is 318 g/mol. The summed E-state index contributed by atoms with van der Waals surface area (Å²) in [5.74, 6) is 0.0798. The second-order valence-electron chi connectivity index (χ2n) is 5.68. The smallest absolute Gasteiger partial charge is 0.249 e. The van der Waals surface area contributed by atoms with Crippen LogP contribution in [-0.2, 0) is 11.8 Å². The van der Waals surface area contributed by atoms with Gasteiger partial charge in [-0.25, -0.2) is 4.98 Å². The fraction of sp³-hybridized carbons (Fsp3) is 0.111. The Morgan fingerprint density at radius 2 is 2.04 bits per heavy atom. The van der Waals surface area contributed by atoms with Crippen LogP contribution in [0.5, 0.6) is 0 Å². The Bertz CT molecular complexity index is 1090. The van der Waals surface area contributed by atoms with Gasteiger partial charge in [0.1, 0.15) is 17.0 Å². The average Bonchev–Trinajstić information content (AvgIpc) is 3.01. The van der Waals surface area contributed by atoms with Gasteiger partial charge in [-0.05, 0) is 29.8 Å². The van der Waals surface area contributed by atoms with Crippen molar-refractivity contribution in [2.75, 3.05) is 0 Å². The third-order valence-electron chi connectivity index (χ3n) is 3.95. The van der Waals surface area contributed by atoms with Crippen LogP contribution in [0.2, 0.25) is 0 Å². The number of H-pyrrole nitrogens is 1. The molecule has 3 heterocycles. The van der Waals surface area contributed by atoms with Crippen LogP contribution in [0, 0.1) is 0 Å². The molecule has 118 valence electrons. The molecule has 1 N–H and O–H groups in total. The van der Waals surface area contributed by atoms with E-state index < -0.39 is 0 Å². The van der Waals surface area contributed by atoms with E-state index in [1.54, 1.807) is 22.9 Å². The second-order valence-corrected chi connectivity index (χ2v) is 5.68. The number of aromatic amines is 1. The van der Waals surface area contributed by atoms with Gasteiger partial charge in [0, 0.05) is 36.7 Å². The van der Waals surface area contributed by atoms with Gasteiger partial charge in [0.05, 0.1) is 0 Å². The van der Waals surface area contributed by atoms with Crippen LogP contribution in [0.25, 0.3) is 28.0 Å². The molecule has 0 fully saturated rings. The SMILES string of the molecule is Cn1ccc(-c2nc3[nH]c(=O)ccc3cc2C2=CCC(=O)C=C2)n1. The fourth-order valence-electron chi connectivity index (χ4n) is 2.77. The molecule has 0 atom stereocenters. The van der Waals surface area contributed by atoms with Gasteiger partial charge in [-0.15, -0.1) is 0 Å². The van der Waals surface area contributed by atoms with Gasteiger partial charge in [0.15, 0.2) is 5.78 Å². The van der Waals surface area contributed by atoms with Crippen LogP contribution >= 0.6 is 0 Å². The summed E-state index contributed by atoms with van der Waals surface area (Å²) >= 11 is 0. The van der Waals surface area contributed by atoms with Crippen molar-refractivity contribution in [3.05, 3.63) is 64.6 Å². The van der Waals surface area contributed by atoms with E-state index >= 15 is 0 Å². The molecule has 0 saturated carbocycles. The number of nitrogens with zero attached hydrogens (tertiary/aromatic N) is 3. The summed E-state index contributed by atoms with van der Waals surface area (Å²) in [5, 5.41) is 5.25. The molecular weight excluding hydrogens is 304 g/mol. The number of fused-ring (bicyclic) bond motifs is 1. The monoisotopic (exact) mass is 318 g/mol. The minimum atomic E-state index is -0.197. The molecule has 0 spiro atoms. The number of hydrogen-bond donors (Lipinski definition) is 1. The highest BCUT2D eigenvalue weighted by atomic mass is 16.1. The normalized spacial score (nSPS) is 14.2. The Morgan fingerprint density at radius 3 is 2.75 bits per heavy atom. The number of nitrogens with one attached hydrogen (secondary N) is 1. The minimum Gasteiger partial charge on any atom is -0.307 e. The fourth-order valence-corrected chi connectivity index (χ4v) is 2.77.